The second-order valence-corrected chi connectivity index (χ2v) is 5.59. The van der Waals surface area contributed by atoms with Gasteiger partial charge in [-0.1, -0.05) is 6.92 Å². The van der Waals surface area contributed by atoms with E-state index in [-0.39, 0.29) is 5.56 Å². The minimum atomic E-state index is 0.0492. The Hall–Kier alpha value is -1.40. The van der Waals surface area contributed by atoms with Gasteiger partial charge in [0.25, 0.3) is 5.56 Å². The van der Waals surface area contributed by atoms with Gasteiger partial charge >= 0.3 is 0 Å². The quantitative estimate of drug-likeness (QED) is 0.822. The van der Waals surface area contributed by atoms with E-state index in [2.05, 4.69) is 27.0 Å². The summed E-state index contributed by atoms with van der Waals surface area (Å²) in [4.78, 5) is 21.2. The summed E-state index contributed by atoms with van der Waals surface area (Å²) in [6.07, 6.45) is 4.49. The maximum atomic E-state index is 12.3. The van der Waals surface area contributed by atoms with Gasteiger partial charge in [-0.2, -0.15) is 0 Å². The van der Waals surface area contributed by atoms with E-state index in [0.29, 0.717) is 11.9 Å². The molecular weight excluding hydrogens is 254 g/mol. The number of nitrogens with one attached hydrogen (secondary N) is 1. The Bertz CT molecular complexity index is 503. The van der Waals surface area contributed by atoms with Gasteiger partial charge in [-0.25, -0.2) is 4.98 Å². The zero-order valence-corrected chi connectivity index (χ0v) is 12.1. The molecule has 1 aromatic heterocycles. The molecule has 1 N–H and O–H groups in total. The smallest absolute Gasteiger partial charge is 0.293 e. The lowest BCUT2D eigenvalue weighted by molar-refractivity contribution is 0.147. The van der Waals surface area contributed by atoms with Gasteiger partial charge in [-0.15, -0.1) is 0 Å². The van der Waals surface area contributed by atoms with Crippen LogP contribution in [0.2, 0.25) is 0 Å². The van der Waals surface area contributed by atoms with Crippen LogP contribution >= 0.6 is 0 Å². The molecule has 110 valence electrons. The van der Waals surface area contributed by atoms with Crippen molar-refractivity contribution in [2.45, 2.75) is 25.9 Å². The highest BCUT2D eigenvalue weighted by atomic mass is 16.1. The first-order chi connectivity index (χ1) is 9.79. The van der Waals surface area contributed by atoms with Crippen LogP contribution in [-0.2, 0) is 6.54 Å². The molecule has 0 saturated carbocycles. The van der Waals surface area contributed by atoms with E-state index in [4.69, 9.17) is 0 Å². The summed E-state index contributed by atoms with van der Waals surface area (Å²) in [5.41, 5.74) is 0.0492. The molecule has 0 bridgehead atoms. The molecule has 2 aliphatic heterocycles. The Labute approximate surface area is 119 Å². The van der Waals surface area contributed by atoms with Crippen molar-refractivity contribution in [2.75, 3.05) is 44.2 Å². The average molecular weight is 277 g/mol. The zero-order valence-electron chi connectivity index (χ0n) is 12.1. The number of hydrogen-bond donors (Lipinski definition) is 1. The molecule has 0 unspecified atom stereocenters. The Morgan fingerprint density at radius 3 is 2.80 bits per heavy atom. The van der Waals surface area contributed by atoms with Crippen molar-refractivity contribution in [1.82, 2.24) is 19.8 Å². The van der Waals surface area contributed by atoms with Gasteiger partial charge in [-0.05, 0) is 6.42 Å². The molecule has 6 nitrogen and oxygen atoms in total. The molecule has 0 aromatic carbocycles. The van der Waals surface area contributed by atoms with Gasteiger partial charge in [0.2, 0.25) is 0 Å². The first-order valence-corrected chi connectivity index (χ1v) is 7.54. The van der Waals surface area contributed by atoms with E-state index in [1.807, 2.05) is 0 Å². The van der Waals surface area contributed by atoms with Gasteiger partial charge in [0.05, 0.1) is 0 Å². The third-order valence-electron chi connectivity index (χ3n) is 4.19. The summed E-state index contributed by atoms with van der Waals surface area (Å²) in [6.45, 7) is 9.07. The monoisotopic (exact) mass is 277 g/mol. The summed E-state index contributed by atoms with van der Waals surface area (Å²) in [6, 6.07) is 0.582. The summed E-state index contributed by atoms with van der Waals surface area (Å²) < 4.78 is 1.76. The van der Waals surface area contributed by atoms with Crippen LogP contribution < -0.4 is 15.8 Å². The number of anilines is 1. The molecule has 3 rings (SSSR count). The number of rotatable bonds is 4. The normalized spacial score (nSPS) is 20.9. The molecule has 0 spiro atoms. The van der Waals surface area contributed by atoms with Crippen LogP contribution in [0.1, 0.15) is 13.3 Å². The predicted octanol–water partition coefficient (Wildman–Crippen LogP) is -0.253. The second kappa shape index (κ2) is 5.93. The van der Waals surface area contributed by atoms with Gasteiger partial charge in [0, 0.05) is 64.2 Å². The number of hydrogen-bond acceptors (Lipinski definition) is 5. The fraction of sp³-hybridized carbons (Fsp3) is 0.714. The first-order valence-electron chi connectivity index (χ1n) is 7.54. The maximum Gasteiger partial charge on any atom is 0.293 e. The van der Waals surface area contributed by atoms with Gasteiger partial charge in [0.1, 0.15) is 0 Å². The second-order valence-electron chi connectivity index (χ2n) is 5.59. The molecule has 2 fully saturated rings. The van der Waals surface area contributed by atoms with Crippen LogP contribution in [0.5, 0.6) is 0 Å². The maximum absolute atomic E-state index is 12.3. The van der Waals surface area contributed by atoms with E-state index in [1.165, 1.54) is 0 Å². The van der Waals surface area contributed by atoms with Crippen LogP contribution in [0.3, 0.4) is 0 Å². The van der Waals surface area contributed by atoms with E-state index in [9.17, 15) is 4.79 Å². The average Bonchev–Trinajstić information content (AvgIpc) is 2.43. The van der Waals surface area contributed by atoms with Crippen molar-refractivity contribution in [3.8, 4) is 0 Å². The van der Waals surface area contributed by atoms with Crippen molar-refractivity contribution < 1.29 is 0 Å². The summed E-state index contributed by atoms with van der Waals surface area (Å²) in [5, 5.41) is 3.37. The highest BCUT2D eigenvalue weighted by molar-refractivity contribution is 5.40. The zero-order chi connectivity index (χ0) is 13.9. The highest BCUT2D eigenvalue weighted by Gasteiger charge is 2.34. The van der Waals surface area contributed by atoms with Crippen molar-refractivity contribution in [1.29, 1.82) is 0 Å². The summed E-state index contributed by atoms with van der Waals surface area (Å²) in [5.74, 6) is 0.618. The van der Waals surface area contributed by atoms with E-state index < -0.39 is 0 Å². The van der Waals surface area contributed by atoms with E-state index in [0.717, 1.165) is 52.2 Å². The van der Waals surface area contributed by atoms with Crippen molar-refractivity contribution in [3.05, 3.63) is 22.7 Å². The first kappa shape index (κ1) is 13.6. The topological polar surface area (TPSA) is 53.4 Å². The third-order valence-corrected chi connectivity index (χ3v) is 4.19. The van der Waals surface area contributed by atoms with Gasteiger partial charge in [0.15, 0.2) is 5.82 Å². The van der Waals surface area contributed by atoms with Crippen LogP contribution in [-0.4, -0.2) is 59.8 Å². The van der Waals surface area contributed by atoms with E-state index >= 15 is 0 Å². The molecule has 2 saturated heterocycles. The number of piperazine rings is 1. The number of nitrogens with zero attached hydrogens (tertiary/aromatic N) is 4. The minimum Gasteiger partial charge on any atom is -0.349 e. The number of aromatic nitrogens is 2. The molecule has 20 heavy (non-hydrogen) atoms. The summed E-state index contributed by atoms with van der Waals surface area (Å²) in [7, 11) is 0. The van der Waals surface area contributed by atoms with Gasteiger partial charge in [-0.3, -0.25) is 9.69 Å². The van der Waals surface area contributed by atoms with E-state index in [1.54, 1.807) is 17.0 Å². The predicted molar refractivity (Wildman–Crippen MR) is 79.2 cm³/mol. The van der Waals surface area contributed by atoms with Crippen molar-refractivity contribution >= 4 is 5.82 Å². The van der Waals surface area contributed by atoms with Crippen LogP contribution in [0, 0.1) is 0 Å². The fourth-order valence-corrected chi connectivity index (χ4v) is 2.98. The molecule has 0 aliphatic carbocycles. The Kier molecular flexibility index (Phi) is 4.03. The molecule has 0 atom stereocenters. The summed E-state index contributed by atoms with van der Waals surface area (Å²) >= 11 is 0. The highest BCUT2D eigenvalue weighted by Crippen LogP contribution is 2.19. The lowest BCUT2D eigenvalue weighted by Gasteiger charge is -2.47. The largest absolute Gasteiger partial charge is 0.349 e. The van der Waals surface area contributed by atoms with Gasteiger partial charge < -0.3 is 14.8 Å². The van der Waals surface area contributed by atoms with Crippen molar-refractivity contribution in [3.63, 3.8) is 0 Å². The molecule has 1 aromatic rings. The lowest BCUT2D eigenvalue weighted by atomic mass is 10.1. The SMILES string of the molecule is CCCn1ccnc(N2CC(N3CCNCC3)C2)c1=O. The molecular formula is C14H23N5O. The fourth-order valence-electron chi connectivity index (χ4n) is 2.98. The van der Waals surface area contributed by atoms with Crippen LogP contribution in [0.4, 0.5) is 5.82 Å². The number of aryl methyl sites for hydroxylation is 1. The Morgan fingerprint density at radius 1 is 1.35 bits per heavy atom. The lowest BCUT2D eigenvalue weighted by Crippen LogP contribution is -2.63. The van der Waals surface area contributed by atoms with Crippen molar-refractivity contribution in [2.24, 2.45) is 0 Å². The standard InChI is InChI=1S/C14H23N5O/c1-2-6-18-9-5-16-13(14(18)20)19-10-12(11-19)17-7-3-15-4-8-17/h5,9,12,15H,2-4,6-8,10-11H2,1H3. The molecule has 6 heteroatoms. The third kappa shape index (κ3) is 2.58. The molecule has 0 radical (unpaired) electrons. The Morgan fingerprint density at radius 2 is 2.10 bits per heavy atom. The minimum absolute atomic E-state index is 0.0492. The van der Waals surface area contributed by atoms with Crippen LogP contribution in [0.15, 0.2) is 17.2 Å². The molecule has 0 amide bonds. The Balaban J connectivity index is 1.64. The molecule has 2 aliphatic rings. The molecule has 3 heterocycles. The van der Waals surface area contributed by atoms with Crippen LogP contribution in [0.25, 0.3) is 0 Å².